The second-order valence-electron chi connectivity index (χ2n) is 7.03. The van der Waals surface area contributed by atoms with E-state index in [2.05, 4.69) is 10.8 Å². The van der Waals surface area contributed by atoms with Crippen LogP contribution in [-0.4, -0.2) is 43.6 Å². The van der Waals surface area contributed by atoms with Gasteiger partial charge in [-0.25, -0.2) is 13.4 Å². The fraction of sp³-hybridized carbons (Fsp3) is 0.300. The van der Waals surface area contributed by atoms with Crippen molar-refractivity contribution in [1.82, 2.24) is 9.88 Å². The zero-order valence-corrected chi connectivity index (χ0v) is 17.1. The fourth-order valence-electron chi connectivity index (χ4n) is 3.56. The molecule has 4 rings (SSSR count). The summed E-state index contributed by atoms with van der Waals surface area (Å²) in [5, 5.41) is 1.06. The second kappa shape index (κ2) is 7.52. The number of carbonyl (C=O) groups is 1. The number of nitrogens with zero attached hydrogens (tertiary/aromatic N) is 2. The summed E-state index contributed by atoms with van der Waals surface area (Å²) in [6, 6.07) is 14.8. The number of nitrogens with one attached hydrogen (secondary N) is 1. The maximum atomic E-state index is 13.1. The van der Waals surface area contributed by atoms with Crippen LogP contribution in [0.3, 0.4) is 0 Å². The molecule has 1 saturated heterocycles. The third-order valence-corrected chi connectivity index (χ3v) is 6.61. The van der Waals surface area contributed by atoms with Crippen molar-refractivity contribution in [3.8, 4) is 0 Å². The van der Waals surface area contributed by atoms with Crippen LogP contribution in [0.5, 0.6) is 0 Å². The maximum absolute atomic E-state index is 13.1. The van der Waals surface area contributed by atoms with E-state index in [-0.39, 0.29) is 11.8 Å². The molecule has 1 aromatic heterocycles. The van der Waals surface area contributed by atoms with Crippen LogP contribution in [0.15, 0.2) is 48.5 Å². The minimum Gasteiger partial charge on any atom is -0.338 e. The van der Waals surface area contributed by atoms with Gasteiger partial charge in [0.05, 0.1) is 32.7 Å². The zero-order valence-electron chi connectivity index (χ0n) is 15.5. The average Bonchev–Trinajstić information content (AvgIpc) is 3.11. The van der Waals surface area contributed by atoms with Crippen LogP contribution in [0, 0.1) is 0 Å². The number of sulfonamides is 1. The molecule has 8 heteroatoms. The lowest BCUT2D eigenvalue weighted by molar-refractivity contribution is 0.0708. The summed E-state index contributed by atoms with van der Waals surface area (Å²) in [5.74, 6) is 0.0442. The van der Waals surface area contributed by atoms with E-state index in [9.17, 15) is 13.2 Å². The van der Waals surface area contributed by atoms with Gasteiger partial charge in [-0.2, -0.15) is 0 Å². The molecule has 6 nitrogen and oxygen atoms in total. The topological polar surface area (TPSA) is 79.4 Å². The first-order valence-corrected chi connectivity index (χ1v) is 11.8. The van der Waals surface area contributed by atoms with Gasteiger partial charge in [-0.05, 0) is 37.1 Å². The molecule has 1 N–H and O–H groups in total. The Kier molecular flexibility index (Phi) is 5.07. The zero-order chi connectivity index (χ0) is 19.7. The van der Waals surface area contributed by atoms with Crippen molar-refractivity contribution in [2.45, 2.75) is 18.8 Å². The summed E-state index contributed by atoms with van der Waals surface area (Å²) < 4.78 is 26.9. The molecule has 3 aromatic rings. The van der Waals surface area contributed by atoms with Gasteiger partial charge < -0.3 is 4.90 Å². The van der Waals surface area contributed by atoms with Gasteiger partial charge in [0, 0.05) is 19.0 Å². The molecule has 2 heterocycles. The van der Waals surface area contributed by atoms with Gasteiger partial charge >= 0.3 is 0 Å². The van der Waals surface area contributed by atoms with Crippen molar-refractivity contribution in [1.29, 1.82) is 0 Å². The number of thiazole rings is 1. The summed E-state index contributed by atoms with van der Waals surface area (Å²) in [5.41, 5.74) is 1.68. The first-order chi connectivity index (χ1) is 13.4. The molecular formula is C20H21N3O3S2. The smallest absolute Gasteiger partial charge is 0.256 e. The Hall–Kier alpha value is -2.45. The van der Waals surface area contributed by atoms with Crippen molar-refractivity contribution in [2.24, 2.45) is 0 Å². The van der Waals surface area contributed by atoms with Crippen LogP contribution >= 0.6 is 11.3 Å². The van der Waals surface area contributed by atoms with E-state index in [0.29, 0.717) is 24.3 Å². The molecule has 0 radical (unpaired) electrons. The highest BCUT2D eigenvalue weighted by molar-refractivity contribution is 7.92. The number of hydrogen-bond donors (Lipinski definition) is 1. The fourth-order valence-corrected chi connectivity index (χ4v) is 5.23. The molecule has 2 aromatic carbocycles. The number of anilines is 1. The van der Waals surface area contributed by atoms with E-state index in [4.69, 9.17) is 4.98 Å². The third-order valence-electron chi connectivity index (χ3n) is 4.82. The predicted molar refractivity (Wildman–Crippen MR) is 112 cm³/mol. The van der Waals surface area contributed by atoms with Gasteiger partial charge in [-0.3, -0.25) is 9.52 Å². The van der Waals surface area contributed by atoms with Gasteiger partial charge in [0.15, 0.2) is 0 Å². The van der Waals surface area contributed by atoms with Crippen LogP contribution < -0.4 is 4.72 Å². The third kappa shape index (κ3) is 4.02. The Bertz CT molecular complexity index is 1090. The Morgan fingerprint density at radius 2 is 1.93 bits per heavy atom. The van der Waals surface area contributed by atoms with E-state index in [1.54, 1.807) is 35.6 Å². The van der Waals surface area contributed by atoms with Crippen molar-refractivity contribution in [2.75, 3.05) is 24.1 Å². The molecule has 0 unspecified atom stereocenters. The van der Waals surface area contributed by atoms with Crippen LogP contribution in [0.1, 0.15) is 34.1 Å². The van der Waals surface area contributed by atoms with Crippen molar-refractivity contribution < 1.29 is 13.2 Å². The van der Waals surface area contributed by atoms with Gasteiger partial charge in [0.2, 0.25) is 10.0 Å². The molecule has 1 amide bonds. The Morgan fingerprint density at radius 3 is 2.71 bits per heavy atom. The predicted octanol–water partition coefficient (Wildman–Crippen LogP) is 3.69. The molecule has 28 heavy (non-hydrogen) atoms. The molecule has 1 aliphatic heterocycles. The van der Waals surface area contributed by atoms with E-state index in [1.165, 1.54) is 0 Å². The Morgan fingerprint density at radius 1 is 1.18 bits per heavy atom. The number of hydrogen-bond acceptors (Lipinski definition) is 5. The molecule has 0 saturated carbocycles. The maximum Gasteiger partial charge on any atom is 0.256 e. The number of rotatable bonds is 4. The van der Waals surface area contributed by atoms with Crippen molar-refractivity contribution in [3.63, 3.8) is 0 Å². The van der Waals surface area contributed by atoms with Crippen LogP contribution in [0.4, 0.5) is 5.69 Å². The first-order valence-electron chi connectivity index (χ1n) is 9.12. The molecule has 1 atom stereocenters. The van der Waals surface area contributed by atoms with Gasteiger partial charge in [0.1, 0.15) is 0 Å². The number of amides is 1. The quantitative estimate of drug-likeness (QED) is 0.705. The average molecular weight is 416 g/mol. The van der Waals surface area contributed by atoms with E-state index in [1.807, 2.05) is 23.1 Å². The summed E-state index contributed by atoms with van der Waals surface area (Å²) in [6.45, 7) is 1.25. The minimum absolute atomic E-state index is 0.155. The second-order valence-corrected chi connectivity index (χ2v) is 9.84. The number of carbonyl (C=O) groups excluding carboxylic acids is 1. The standard InChI is InChI=1S/C20H21N3O3S2/c1-28(25,26)22-16-9-3-2-8-15(16)20(24)23-12-6-7-14(13-23)19-21-17-10-4-5-11-18(17)27-19/h2-5,8-11,14,22H,6-7,12-13H2,1H3/t14-/m0/s1. The van der Waals surface area contributed by atoms with Crippen LogP contribution in [0.25, 0.3) is 10.2 Å². The molecule has 0 bridgehead atoms. The largest absolute Gasteiger partial charge is 0.338 e. The Balaban J connectivity index is 1.57. The van der Waals surface area contributed by atoms with Crippen molar-refractivity contribution >= 4 is 43.2 Å². The van der Waals surface area contributed by atoms with Gasteiger partial charge in [-0.1, -0.05) is 24.3 Å². The van der Waals surface area contributed by atoms with Gasteiger partial charge in [-0.15, -0.1) is 11.3 Å². The summed E-state index contributed by atoms with van der Waals surface area (Å²) >= 11 is 1.68. The highest BCUT2D eigenvalue weighted by atomic mass is 32.2. The molecule has 146 valence electrons. The van der Waals surface area contributed by atoms with Crippen LogP contribution in [0.2, 0.25) is 0 Å². The van der Waals surface area contributed by atoms with Crippen LogP contribution in [-0.2, 0) is 10.0 Å². The minimum atomic E-state index is -3.46. The summed E-state index contributed by atoms with van der Waals surface area (Å²) in [4.78, 5) is 19.7. The number of fused-ring (bicyclic) bond motifs is 1. The number of likely N-dealkylation sites (tertiary alicyclic amines) is 1. The molecule has 0 aliphatic carbocycles. The van der Waals surface area contributed by atoms with E-state index >= 15 is 0 Å². The highest BCUT2D eigenvalue weighted by Gasteiger charge is 2.28. The first kappa shape index (κ1) is 18.9. The number of benzene rings is 2. The molecule has 1 aliphatic rings. The number of piperidine rings is 1. The monoisotopic (exact) mass is 415 g/mol. The van der Waals surface area contributed by atoms with E-state index < -0.39 is 10.0 Å². The summed E-state index contributed by atoms with van der Waals surface area (Å²) in [7, 11) is -3.46. The lowest BCUT2D eigenvalue weighted by Crippen LogP contribution is -2.39. The van der Waals surface area contributed by atoms with Gasteiger partial charge in [0.25, 0.3) is 5.91 Å². The lowest BCUT2D eigenvalue weighted by atomic mass is 9.98. The lowest BCUT2D eigenvalue weighted by Gasteiger charge is -2.32. The highest BCUT2D eigenvalue weighted by Crippen LogP contribution is 2.33. The number of aromatic nitrogens is 1. The summed E-state index contributed by atoms with van der Waals surface area (Å²) in [6.07, 6.45) is 2.97. The molecule has 0 spiro atoms. The Labute approximate surface area is 168 Å². The molecular weight excluding hydrogens is 394 g/mol. The van der Waals surface area contributed by atoms with Crippen molar-refractivity contribution in [3.05, 3.63) is 59.1 Å². The van der Waals surface area contributed by atoms with E-state index in [0.717, 1.165) is 34.3 Å². The normalized spacial score (nSPS) is 17.6. The SMILES string of the molecule is CS(=O)(=O)Nc1ccccc1C(=O)N1CCC[C@H](c2nc3ccccc3s2)C1. The molecule has 1 fully saturated rings. The number of para-hydroxylation sites is 2.